The highest BCUT2D eigenvalue weighted by Crippen LogP contribution is 2.58. The fourth-order valence-corrected chi connectivity index (χ4v) is 4.49. The van der Waals surface area contributed by atoms with E-state index in [2.05, 4.69) is 43.3 Å². The van der Waals surface area contributed by atoms with Crippen LogP contribution in [0.25, 0.3) is 5.57 Å². The second-order valence-electron chi connectivity index (χ2n) is 6.20. The van der Waals surface area contributed by atoms with E-state index in [1.807, 2.05) is 0 Å². The molecule has 1 atom stereocenters. The molecule has 0 heterocycles. The molecular formula is C18H20. The molecule has 0 nitrogen and oxygen atoms in total. The summed E-state index contributed by atoms with van der Waals surface area (Å²) in [5.74, 6) is 0.700. The molecule has 4 rings (SSSR count). The van der Waals surface area contributed by atoms with Gasteiger partial charge in [0.15, 0.2) is 0 Å². The van der Waals surface area contributed by atoms with Gasteiger partial charge in [-0.05, 0) is 47.5 Å². The van der Waals surface area contributed by atoms with Gasteiger partial charge < -0.3 is 0 Å². The molecule has 1 unspecified atom stereocenters. The van der Waals surface area contributed by atoms with Crippen molar-refractivity contribution in [3.05, 3.63) is 53.1 Å². The van der Waals surface area contributed by atoms with Crippen LogP contribution in [0.3, 0.4) is 0 Å². The van der Waals surface area contributed by atoms with Gasteiger partial charge in [0.05, 0.1) is 0 Å². The van der Waals surface area contributed by atoms with Gasteiger partial charge in [-0.1, -0.05) is 56.2 Å². The minimum atomic E-state index is 0.386. The minimum Gasteiger partial charge on any atom is -0.0836 e. The second kappa shape index (κ2) is 3.60. The maximum Gasteiger partial charge on any atom is 0.0211 e. The molecule has 18 heavy (non-hydrogen) atoms. The highest BCUT2D eigenvalue weighted by atomic mass is 14.5. The van der Waals surface area contributed by atoms with E-state index in [0.29, 0.717) is 11.3 Å². The Balaban J connectivity index is 2.02. The third-order valence-corrected chi connectivity index (χ3v) is 5.26. The van der Waals surface area contributed by atoms with Crippen molar-refractivity contribution in [2.75, 3.05) is 0 Å². The zero-order valence-corrected chi connectivity index (χ0v) is 11.1. The van der Waals surface area contributed by atoms with Crippen molar-refractivity contribution in [3.63, 3.8) is 0 Å². The predicted molar refractivity (Wildman–Crippen MR) is 76.4 cm³/mol. The first-order chi connectivity index (χ1) is 8.83. The van der Waals surface area contributed by atoms with Crippen molar-refractivity contribution in [1.82, 2.24) is 0 Å². The Morgan fingerprint density at radius 1 is 1.11 bits per heavy atom. The van der Waals surface area contributed by atoms with Crippen molar-refractivity contribution >= 4 is 5.57 Å². The van der Waals surface area contributed by atoms with Crippen molar-refractivity contribution < 1.29 is 0 Å². The summed E-state index contributed by atoms with van der Waals surface area (Å²) in [5.41, 5.74) is 6.91. The molecule has 1 spiro atoms. The molecule has 1 fully saturated rings. The molecule has 0 aliphatic heterocycles. The van der Waals surface area contributed by atoms with Crippen LogP contribution in [0.5, 0.6) is 0 Å². The predicted octanol–water partition coefficient (Wildman–Crippen LogP) is 4.86. The largest absolute Gasteiger partial charge is 0.0836 e. The van der Waals surface area contributed by atoms with E-state index in [1.165, 1.54) is 32.1 Å². The summed E-state index contributed by atoms with van der Waals surface area (Å²) in [7, 11) is 0. The van der Waals surface area contributed by atoms with Crippen LogP contribution >= 0.6 is 0 Å². The number of fused-ring (bicyclic) bond motifs is 4. The minimum absolute atomic E-state index is 0.386. The average Bonchev–Trinajstić information content (AvgIpc) is 2.98. The molecule has 1 aromatic carbocycles. The van der Waals surface area contributed by atoms with Gasteiger partial charge in [-0.15, -0.1) is 0 Å². The van der Waals surface area contributed by atoms with E-state index in [-0.39, 0.29) is 0 Å². The number of allylic oxidation sites excluding steroid dienone is 4. The van der Waals surface area contributed by atoms with E-state index in [9.17, 15) is 0 Å². The molecule has 92 valence electrons. The summed E-state index contributed by atoms with van der Waals surface area (Å²) >= 11 is 0. The molecule has 3 aliphatic carbocycles. The van der Waals surface area contributed by atoms with Crippen LogP contribution in [0.15, 0.2) is 42.0 Å². The summed E-state index contributed by atoms with van der Waals surface area (Å²) in [5, 5.41) is 0. The average molecular weight is 236 g/mol. The molecule has 0 heteroatoms. The van der Waals surface area contributed by atoms with Gasteiger partial charge in [0.2, 0.25) is 0 Å². The molecule has 1 saturated carbocycles. The molecule has 1 aromatic rings. The lowest BCUT2D eigenvalue weighted by atomic mass is 9.74. The fourth-order valence-electron chi connectivity index (χ4n) is 4.49. The van der Waals surface area contributed by atoms with E-state index in [0.717, 1.165) is 0 Å². The lowest BCUT2D eigenvalue weighted by Gasteiger charge is -2.29. The van der Waals surface area contributed by atoms with Gasteiger partial charge in [-0.25, -0.2) is 0 Å². The van der Waals surface area contributed by atoms with Gasteiger partial charge in [-0.2, -0.15) is 0 Å². The van der Waals surface area contributed by atoms with Gasteiger partial charge in [-0.3, -0.25) is 0 Å². The van der Waals surface area contributed by atoms with Gasteiger partial charge in [0, 0.05) is 5.41 Å². The first kappa shape index (κ1) is 10.6. The van der Waals surface area contributed by atoms with Crippen LogP contribution < -0.4 is 0 Å². The van der Waals surface area contributed by atoms with Gasteiger partial charge in [0.25, 0.3) is 0 Å². The van der Waals surface area contributed by atoms with Crippen LogP contribution in [0.1, 0.15) is 50.2 Å². The SMILES string of the molecule is CC1CC=CC2=C1c1ccccc1C21CCCC1. The van der Waals surface area contributed by atoms with Crippen molar-refractivity contribution in [1.29, 1.82) is 0 Å². The summed E-state index contributed by atoms with van der Waals surface area (Å²) < 4.78 is 0. The Hall–Kier alpha value is -1.30. The Morgan fingerprint density at radius 3 is 2.72 bits per heavy atom. The molecular weight excluding hydrogens is 216 g/mol. The smallest absolute Gasteiger partial charge is 0.0211 e. The third kappa shape index (κ3) is 1.16. The van der Waals surface area contributed by atoms with Crippen LogP contribution in [-0.4, -0.2) is 0 Å². The van der Waals surface area contributed by atoms with Crippen molar-refractivity contribution in [2.45, 2.75) is 44.4 Å². The number of rotatable bonds is 0. The van der Waals surface area contributed by atoms with Gasteiger partial charge in [0.1, 0.15) is 0 Å². The molecule has 0 bridgehead atoms. The summed E-state index contributed by atoms with van der Waals surface area (Å²) in [6.45, 7) is 2.39. The first-order valence-corrected chi connectivity index (χ1v) is 7.34. The second-order valence-corrected chi connectivity index (χ2v) is 6.20. The molecule has 0 radical (unpaired) electrons. The van der Waals surface area contributed by atoms with E-state index < -0.39 is 0 Å². The molecule has 0 amide bonds. The number of hydrogen-bond donors (Lipinski definition) is 0. The highest BCUT2D eigenvalue weighted by Gasteiger charge is 2.46. The van der Waals surface area contributed by atoms with E-state index >= 15 is 0 Å². The van der Waals surface area contributed by atoms with Crippen LogP contribution in [0.4, 0.5) is 0 Å². The number of hydrogen-bond acceptors (Lipinski definition) is 0. The van der Waals surface area contributed by atoms with Crippen LogP contribution in [0.2, 0.25) is 0 Å². The maximum atomic E-state index is 2.45. The van der Waals surface area contributed by atoms with Gasteiger partial charge >= 0.3 is 0 Å². The first-order valence-electron chi connectivity index (χ1n) is 7.34. The Kier molecular flexibility index (Phi) is 2.12. The summed E-state index contributed by atoms with van der Waals surface area (Å²) in [4.78, 5) is 0. The van der Waals surface area contributed by atoms with E-state index in [4.69, 9.17) is 0 Å². The molecule has 0 N–H and O–H groups in total. The Morgan fingerprint density at radius 2 is 1.89 bits per heavy atom. The fraction of sp³-hybridized carbons (Fsp3) is 0.444. The zero-order chi connectivity index (χ0) is 12.2. The van der Waals surface area contributed by atoms with Crippen LogP contribution in [-0.2, 0) is 5.41 Å². The lowest BCUT2D eigenvalue weighted by molar-refractivity contribution is 0.541. The van der Waals surface area contributed by atoms with E-state index in [1.54, 1.807) is 22.3 Å². The molecule has 0 saturated heterocycles. The Bertz CT molecular complexity index is 553. The third-order valence-electron chi connectivity index (χ3n) is 5.26. The lowest BCUT2D eigenvalue weighted by Crippen LogP contribution is -2.22. The molecule has 3 aliphatic rings. The molecule has 0 aromatic heterocycles. The highest BCUT2D eigenvalue weighted by molar-refractivity contribution is 5.84. The summed E-state index contributed by atoms with van der Waals surface area (Å²) in [6.07, 6.45) is 11.6. The normalized spacial score (nSPS) is 27.7. The standard InChI is InChI=1S/C18H20/c1-13-7-6-10-16-17(13)14-8-2-3-9-15(14)18(16)11-4-5-12-18/h2-3,6,8-10,13H,4-5,7,11-12H2,1H3. The summed E-state index contributed by atoms with van der Waals surface area (Å²) in [6, 6.07) is 9.18. The quantitative estimate of drug-likeness (QED) is 0.603. The maximum absolute atomic E-state index is 2.45. The van der Waals surface area contributed by atoms with Crippen LogP contribution in [0, 0.1) is 5.92 Å². The number of benzene rings is 1. The van der Waals surface area contributed by atoms with Crippen molar-refractivity contribution in [2.24, 2.45) is 5.92 Å². The van der Waals surface area contributed by atoms with Crippen molar-refractivity contribution in [3.8, 4) is 0 Å². The monoisotopic (exact) mass is 236 g/mol. The zero-order valence-electron chi connectivity index (χ0n) is 11.1. The topological polar surface area (TPSA) is 0 Å². The Labute approximate surface area is 109 Å².